The Kier molecular flexibility index (Phi) is 4.60. The maximum absolute atomic E-state index is 12.2. The van der Waals surface area contributed by atoms with Crippen LogP contribution in [0.15, 0.2) is 36.5 Å². The highest BCUT2D eigenvalue weighted by Crippen LogP contribution is 2.30. The molecule has 0 atom stereocenters. The number of para-hydroxylation sites is 1. The molecule has 1 aliphatic heterocycles. The molecule has 0 saturated carbocycles. The molecule has 1 aromatic carbocycles. The lowest BCUT2D eigenvalue weighted by atomic mass is 9.92. The average Bonchev–Trinajstić information content (AvgIpc) is 3.10. The Hall–Kier alpha value is -2.65. The van der Waals surface area contributed by atoms with Gasteiger partial charge in [-0.15, -0.1) is 0 Å². The molecule has 0 unspecified atom stereocenters. The molecule has 130 valence electrons. The first-order chi connectivity index (χ1) is 11.9. The minimum atomic E-state index is -1.33. The number of carbonyl (C=O) groups excluding carboxylic acids is 1. The first-order valence-corrected chi connectivity index (χ1v) is 8.47. The van der Waals surface area contributed by atoms with E-state index in [0.717, 1.165) is 24.2 Å². The van der Waals surface area contributed by atoms with Gasteiger partial charge in [-0.05, 0) is 44.9 Å². The summed E-state index contributed by atoms with van der Waals surface area (Å²) in [6.07, 6.45) is 3.36. The van der Waals surface area contributed by atoms with E-state index < -0.39 is 5.60 Å². The van der Waals surface area contributed by atoms with Crippen LogP contribution in [0.25, 0.3) is 5.69 Å². The standard InChI is InChI=1S/C19H22N4O2/c1-19(2,25)18(24)22-11-8-14(9-12-22)17-7-10-21-23(17)16-6-4-3-5-15(16)13-20/h3-7,10,14,25H,8-9,11-12H2,1-2H3. The maximum Gasteiger partial charge on any atom is 0.253 e. The van der Waals surface area contributed by atoms with Gasteiger partial charge in [0.1, 0.15) is 11.7 Å². The van der Waals surface area contributed by atoms with Crippen molar-refractivity contribution < 1.29 is 9.90 Å². The summed E-state index contributed by atoms with van der Waals surface area (Å²) in [6, 6.07) is 11.6. The van der Waals surface area contributed by atoms with Crippen LogP contribution >= 0.6 is 0 Å². The summed E-state index contributed by atoms with van der Waals surface area (Å²) >= 11 is 0. The molecule has 1 saturated heterocycles. The number of aromatic nitrogens is 2. The van der Waals surface area contributed by atoms with Gasteiger partial charge in [0.05, 0.1) is 11.3 Å². The van der Waals surface area contributed by atoms with Crippen molar-refractivity contribution in [2.45, 2.75) is 38.2 Å². The molecule has 0 radical (unpaired) electrons. The maximum atomic E-state index is 12.2. The third kappa shape index (κ3) is 3.42. The van der Waals surface area contributed by atoms with Crippen molar-refractivity contribution in [1.82, 2.24) is 14.7 Å². The Balaban J connectivity index is 1.79. The second-order valence-electron chi connectivity index (χ2n) is 6.92. The van der Waals surface area contributed by atoms with Gasteiger partial charge >= 0.3 is 0 Å². The van der Waals surface area contributed by atoms with Crippen LogP contribution in [0, 0.1) is 11.3 Å². The van der Waals surface area contributed by atoms with E-state index in [4.69, 9.17) is 0 Å². The zero-order valence-electron chi connectivity index (χ0n) is 14.5. The van der Waals surface area contributed by atoms with Crippen molar-refractivity contribution in [2.24, 2.45) is 0 Å². The number of benzene rings is 1. The second-order valence-corrected chi connectivity index (χ2v) is 6.92. The van der Waals surface area contributed by atoms with Crippen molar-refractivity contribution in [1.29, 1.82) is 5.26 Å². The summed E-state index contributed by atoms with van der Waals surface area (Å²) in [5, 5.41) is 23.6. The van der Waals surface area contributed by atoms with E-state index in [9.17, 15) is 15.2 Å². The van der Waals surface area contributed by atoms with Gasteiger partial charge in [0.25, 0.3) is 5.91 Å². The summed E-state index contributed by atoms with van der Waals surface area (Å²) < 4.78 is 1.83. The van der Waals surface area contributed by atoms with Crippen molar-refractivity contribution in [2.75, 3.05) is 13.1 Å². The Morgan fingerprint density at radius 3 is 2.60 bits per heavy atom. The molecule has 1 amide bonds. The molecule has 2 aromatic rings. The molecule has 0 aliphatic carbocycles. The number of rotatable bonds is 3. The van der Waals surface area contributed by atoms with Crippen molar-refractivity contribution in [3.05, 3.63) is 47.8 Å². The first-order valence-electron chi connectivity index (χ1n) is 8.47. The summed E-state index contributed by atoms with van der Waals surface area (Å²) in [5.74, 6) is 0.0365. The molecule has 1 aliphatic rings. The fraction of sp³-hybridized carbons (Fsp3) is 0.421. The largest absolute Gasteiger partial charge is 0.381 e. The van der Waals surface area contributed by atoms with Gasteiger partial charge < -0.3 is 10.0 Å². The Morgan fingerprint density at radius 1 is 1.28 bits per heavy atom. The molecule has 0 spiro atoms. The lowest BCUT2D eigenvalue weighted by Crippen LogP contribution is -2.48. The minimum Gasteiger partial charge on any atom is -0.381 e. The summed E-state index contributed by atoms with van der Waals surface area (Å²) in [6.45, 7) is 4.27. The normalized spacial score (nSPS) is 15.8. The van der Waals surface area contributed by atoms with Gasteiger partial charge in [0.2, 0.25) is 0 Å². The van der Waals surface area contributed by atoms with Gasteiger partial charge in [-0.1, -0.05) is 12.1 Å². The third-order valence-electron chi connectivity index (χ3n) is 4.65. The smallest absolute Gasteiger partial charge is 0.253 e. The molecular weight excluding hydrogens is 316 g/mol. The van der Waals surface area contributed by atoms with E-state index in [-0.39, 0.29) is 11.8 Å². The summed E-state index contributed by atoms with van der Waals surface area (Å²) in [4.78, 5) is 13.9. The summed E-state index contributed by atoms with van der Waals surface area (Å²) in [5.41, 5.74) is 1.08. The SMILES string of the molecule is CC(C)(O)C(=O)N1CCC(c2ccnn2-c2ccccc2C#N)CC1. The summed E-state index contributed by atoms with van der Waals surface area (Å²) in [7, 11) is 0. The number of likely N-dealkylation sites (tertiary alicyclic amines) is 1. The van der Waals surface area contributed by atoms with Crippen LogP contribution in [-0.4, -0.2) is 44.4 Å². The van der Waals surface area contributed by atoms with E-state index in [1.807, 2.05) is 28.9 Å². The lowest BCUT2D eigenvalue weighted by Gasteiger charge is -2.35. The topological polar surface area (TPSA) is 82.2 Å². The lowest BCUT2D eigenvalue weighted by molar-refractivity contribution is -0.148. The number of carbonyl (C=O) groups is 1. The average molecular weight is 338 g/mol. The quantitative estimate of drug-likeness (QED) is 0.930. The third-order valence-corrected chi connectivity index (χ3v) is 4.65. The Morgan fingerprint density at radius 2 is 1.96 bits per heavy atom. The van der Waals surface area contributed by atoms with E-state index >= 15 is 0 Å². The van der Waals surface area contributed by atoms with E-state index in [0.29, 0.717) is 18.7 Å². The predicted octanol–water partition coefficient (Wildman–Crippen LogP) is 2.22. The second kappa shape index (κ2) is 6.69. The number of aliphatic hydroxyl groups is 1. The highest BCUT2D eigenvalue weighted by molar-refractivity contribution is 5.84. The van der Waals surface area contributed by atoms with Crippen LogP contribution in [0.3, 0.4) is 0 Å². The Bertz CT molecular complexity index is 805. The van der Waals surface area contributed by atoms with Gasteiger partial charge in [0, 0.05) is 30.9 Å². The molecule has 1 N–H and O–H groups in total. The first kappa shape index (κ1) is 17.2. The molecular formula is C19H22N4O2. The zero-order chi connectivity index (χ0) is 18.0. The highest BCUT2D eigenvalue weighted by Gasteiger charge is 2.33. The van der Waals surface area contributed by atoms with Crippen molar-refractivity contribution in [3.63, 3.8) is 0 Å². The fourth-order valence-corrected chi connectivity index (χ4v) is 3.34. The van der Waals surface area contributed by atoms with Crippen LogP contribution in [0.1, 0.15) is 43.9 Å². The molecule has 6 heteroatoms. The molecule has 2 heterocycles. The predicted molar refractivity (Wildman–Crippen MR) is 93.1 cm³/mol. The number of piperidine rings is 1. The van der Waals surface area contributed by atoms with E-state index in [2.05, 4.69) is 11.2 Å². The van der Waals surface area contributed by atoms with Gasteiger partial charge in [-0.3, -0.25) is 4.79 Å². The molecule has 1 fully saturated rings. The molecule has 25 heavy (non-hydrogen) atoms. The van der Waals surface area contributed by atoms with Crippen LogP contribution < -0.4 is 0 Å². The fourth-order valence-electron chi connectivity index (χ4n) is 3.34. The monoisotopic (exact) mass is 338 g/mol. The van der Waals surface area contributed by atoms with Crippen molar-refractivity contribution >= 4 is 5.91 Å². The van der Waals surface area contributed by atoms with Crippen LogP contribution in [-0.2, 0) is 4.79 Å². The van der Waals surface area contributed by atoms with Crippen LogP contribution in [0.5, 0.6) is 0 Å². The van der Waals surface area contributed by atoms with Gasteiger partial charge in [-0.2, -0.15) is 10.4 Å². The number of nitrogens with zero attached hydrogens (tertiary/aromatic N) is 4. The number of nitriles is 1. The Labute approximate surface area is 147 Å². The van der Waals surface area contributed by atoms with Crippen LogP contribution in [0.2, 0.25) is 0 Å². The van der Waals surface area contributed by atoms with E-state index in [1.165, 1.54) is 13.8 Å². The zero-order valence-corrected chi connectivity index (χ0v) is 14.5. The number of hydrogen-bond acceptors (Lipinski definition) is 4. The van der Waals surface area contributed by atoms with Crippen molar-refractivity contribution in [3.8, 4) is 11.8 Å². The van der Waals surface area contributed by atoms with E-state index in [1.54, 1.807) is 17.2 Å². The van der Waals surface area contributed by atoms with Gasteiger partial charge in [-0.25, -0.2) is 4.68 Å². The number of amides is 1. The number of hydrogen-bond donors (Lipinski definition) is 1. The minimum absolute atomic E-state index is 0.228. The molecule has 3 rings (SSSR count). The van der Waals surface area contributed by atoms with Gasteiger partial charge in [0.15, 0.2) is 0 Å². The molecule has 1 aromatic heterocycles. The molecule has 0 bridgehead atoms. The highest BCUT2D eigenvalue weighted by atomic mass is 16.3. The van der Waals surface area contributed by atoms with Crippen LogP contribution in [0.4, 0.5) is 0 Å². The molecule has 6 nitrogen and oxygen atoms in total.